The van der Waals surface area contributed by atoms with Crippen LogP contribution in [-0.4, -0.2) is 54.6 Å². The lowest BCUT2D eigenvalue weighted by Crippen LogP contribution is -2.61. The predicted octanol–water partition coefficient (Wildman–Crippen LogP) is 6.06. The second-order valence-electron chi connectivity index (χ2n) is 10.6. The summed E-state index contributed by atoms with van der Waals surface area (Å²) in [6.07, 6.45) is 1.51. The zero-order valence-electron chi connectivity index (χ0n) is 22.3. The Labute approximate surface area is 232 Å². The summed E-state index contributed by atoms with van der Waals surface area (Å²) in [7, 11) is -8.59. The lowest BCUT2D eigenvalue weighted by molar-refractivity contribution is -0.132. The van der Waals surface area contributed by atoms with Gasteiger partial charge in [-0.3, -0.25) is 19.5 Å². The first-order valence-corrected chi connectivity index (χ1v) is 14.8. The van der Waals surface area contributed by atoms with Crippen molar-refractivity contribution in [2.75, 3.05) is 18.6 Å². The van der Waals surface area contributed by atoms with E-state index in [9.17, 15) is 37.8 Å². The lowest BCUT2D eigenvalue weighted by Gasteiger charge is -2.43. The third-order valence-electron chi connectivity index (χ3n) is 7.65. The van der Waals surface area contributed by atoms with Crippen LogP contribution in [0.25, 0.3) is 0 Å². The molecule has 2 heterocycles. The van der Waals surface area contributed by atoms with Crippen molar-refractivity contribution in [3.63, 3.8) is 0 Å². The molecular weight excluding hydrogens is 581 g/mol. The third kappa shape index (κ3) is 6.78. The molecule has 2 N–H and O–H groups in total. The molecule has 0 radical (unpaired) electrons. The summed E-state index contributed by atoms with van der Waals surface area (Å²) >= 11 is 0. The maximum atomic E-state index is 14.1. The van der Waals surface area contributed by atoms with Crippen molar-refractivity contribution in [3.05, 3.63) is 54.4 Å². The molecule has 1 saturated carbocycles. The Bertz CT molecular complexity index is 1270. The van der Waals surface area contributed by atoms with Crippen LogP contribution < -0.4 is 15.5 Å². The Morgan fingerprint density at radius 2 is 1.73 bits per heavy atom. The Morgan fingerprint density at radius 3 is 2.24 bits per heavy atom. The van der Waals surface area contributed by atoms with Crippen molar-refractivity contribution in [2.45, 2.75) is 73.6 Å². The number of rotatable bonds is 8. The zero-order valence-corrected chi connectivity index (χ0v) is 23.1. The van der Waals surface area contributed by atoms with E-state index < -0.39 is 63.3 Å². The molecule has 1 unspecified atom stereocenters. The summed E-state index contributed by atoms with van der Waals surface area (Å²) in [6, 6.07) is 3.11. The molecule has 1 saturated heterocycles. The number of carbonyl (C=O) groups is 2. The zero-order chi connectivity index (χ0) is 30.3. The summed E-state index contributed by atoms with van der Waals surface area (Å²) in [5, 5.41) is 5.69. The van der Waals surface area contributed by atoms with Crippen molar-refractivity contribution in [2.24, 2.45) is 0 Å². The largest absolute Gasteiger partial charge is 0.380 e. The highest BCUT2D eigenvalue weighted by atomic mass is 32.5. The second kappa shape index (κ2) is 10.1. The van der Waals surface area contributed by atoms with E-state index in [1.165, 1.54) is 38.6 Å². The molecule has 228 valence electrons. The average molecular weight is 613 g/mol. The van der Waals surface area contributed by atoms with E-state index >= 15 is 0 Å². The highest BCUT2D eigenvalue weighted by Crippen LogP contribution is 3.02. The first-order chi connectivity index (χ1) is 18.8. The van der Waals surface area contributed by atoms with Gasteiger partial charge in [0.25, 0.3) is 5.91 Å². The maximum Gasteiger partial charge on any atom is 0.310 e. The molecule has 2 aliphatic rings. The summed E-state index contributed by atoms with van der Waals surface area (Å²) in [5.41, 5.74) is -2.08. The predicted molar refractivity (Wildman–Crippen MR) is 139 cm³/mol. The van der Waals surface area contributed by atoms with Crippen LogP contribution in [0.2, 0.25) is 0 Å². The minimum atomic E-state index is -10.0. The van der Waals surface area contributed by atoms with Gasteiger partial charge in [0.2, 0.25) is 11.8 Å². The summed E-state index contributed by atoms with van der Waals surface area (Å²) < 4.78 is 100. The second-order valence-corrected chi connectivity index (χ2v) is 13.0. The molecule has 4 rings (SSSR count). The molecule has 1 aliphatic carbocycles. The fourth-order valence-electron chi connectivity index (χ4n) is 5.21. The van der Waals surface area contributed by atoms with E-state index in [0.29, 0.717) is 12.1 Å². The number of methoxy groups -OCH3 is 1. The van der Waals surface area contributed by atoms with Crippen LogP contribution in [0.5, 0.6) is 0 Å². The molecule has 1 aromatic carbocycles. The molecular formula is C26H31F7N4O3S. The van der Waals surface area contributed by atoms with E-state index in [2.05, 4.69) is 15.6 Å². The van der Waals surface area contributed by atoms with Crippen LogP contribution in [0.15, 0.2) is 53.7 Å². The Morgan fingerprint density at radius 1 is 1.10 bits per heavy atom. The number of halogens is 7. The normalized spacial score (nSPS) is 24.5. The van der Waals surface area contributed by atoms with Gasteiger partial charge in [0, 0.05) is 56.2 Å². The van der Waals surface area contributed by atoms with E-state index in [4.69, 9.17) is 4.74 Å². The number of hydrogen-bond acceptors (Lipinski definition) is 5. The SMILES string of the molecule is CO[C@H]1CN[C@@H](C(=O)N(c2ccc(S(F)(F)(F)(F)F)cc2)C(C)(C(=O)NC2CCC(F)(F)CC2)c2cccnc2)C1. The van der Waals surface area contributed by atoms with Crippen molar-refractivity contribution in [1.82, 2.24) is 15.6 Å². The standard InChI is InChI=1S/C26H31F7N4O3S/c1-25(17-4-3-13-34-15-17,24(39)36-18-9-11-26(27,28)12-10-18)37(23(38)22-14-20(40-2)16-35-22)19-5-7-21(8-6-19)41(29,30,31,32)33/h3-8,13,15,18,20,22,35H,9-12,14,16H2,1-2H3,(H,36,39)/t20-,22-,25?/m1/s1. The summed E-state index contributed by atoms with van der Waals surface area (Å²) in [5.74, 6) is -4.40. The van der Waals surface area contributed by atoms with Crippen LogP contribution in [0.4, 0.5) is 33.9 Å². The molecule has 7 nitrogen and oxygen atoms in total. The van der Waals surface area contributed by atoms with Crippen molar-refractivity contribution >= 4 is 27.7 Å². The van der Waals surface area contributed by atoms with E-state index in [1.54, 1.807) is 0 Å². The van der Waals surface area contributed by atoms with Gasteiger partial charge in [-0.1, -0.05) is 25.5 Å². The number of nitrogens with zero attached hydrogens (tertiary/aromatic N) is 2. The summed E-state index contributed by atoms with van der Waals surface area (Å²) in [6.45, 7) is 1.62. The van der Waals surface area contributed by atoms with Crippen LogP contribution in [-0.2, 0) is 19.9 Å². The fraction of sp³-hybridized carbons (Fsp3) is 0.500. The molecule has 1 aliphatic heterocycles. The number of pyridine rings is 1. The lowest BCUT2D eigenvalue weighted by atomic mass is 9.86. The number of aromatic nitrogens is 1. The van der Waals surface area contributed by atoms with Gasteiger partial charge in [-0.15, -0.1) is 0 Å². The number of anilines is 1. The smallest absolute Gasteiger partial charge is 0.310 e. The maximum absolute atomic E-state index is 14.1. The van der Waals surface area contributed by atoms with Crippen molar-refractivity contribution in [1.29, 1.82) is 0 Å². The number of ether oxygens (including phenoxy) is 1. The molecule has 0 bridgehead atoms. The molecule has 15 heteroatoms. The molecule has 3 atom stereocenters. The molecule has 2 aromatic rings. The first kappa shape index (κ1) is 31.0. The van der Waals surface area contributed by atoms with E-state index in [-0.39, 0.29) is 55.3 Å². The Hall–Kier alpha value is -2.91. The van der Waals surface area contributed by atoms with Gasteiger partial charge < -0.3 is 15.4 Å². The first-order valence-electron chi connectivity index (χ1n) is 12.9. The van der Waals surface area contributed by atoms with Crippen molar-refractivity contribution in [3.8, 4) is 0 Å². The van der Waals surface area contributed by atoms with E-state index in [1.807, 2.05) is 0 Å². The number of amides is 2. The van der Waals surface area contributed by atoms with Gasteiger partial charge in [0.1, 0.15) is 4.90 Å². The van der Waals surface area contributed by atoms with Gasteiger partial charge in [-0.05, 0) is 56.5 Å². The minimum Gasteiger partial charge on any atom is -0.380 e. The van der Waals surface area contributed by atoms with Crippen LogP contribution in [0.3, 0.4) is 0 Å². The highest BCUT2D eigenvalue weighted by molar-refractivity contribution is 8.45. The monoisotopic (exact) mass is 612 g/mol. The quantitative estimate of drug-likeness (QED) is 0.355. The number of hydrogen-bond donors (Lipinski definition) is 2. The van der Waals surface area contributed by atoms with Gasteiger partial charge in [0.15, 0.2) is 5.54 Å². The fourth-order valence-corrected chi connectivity index (χ4v) is 5.86. The highest BCUT2D eigenvalue weighted by Gasteiger charge is 2.65. The number of benzene rings is 1. The molecule has 0 spiro atoms. The third-order valence-corrected chi connectivity index (χ3v) is 8.81. The number of carbonyl (C=O) groups excluding carboxylic acids is 2. The Balaban J connectivity index is 1.81. The number of alkyl halides is 2. The van der Waals surface area contributed by atoms with Gasteiger partial charge in [-0.25, -0.2) is 8.78 Å². The van der Waals surface area contributed by atoms with Gasteiger partial charge in [0.05, 0.1) is 12.1 Å². The molecule has 1 aromatic heterocycles. The van der Waals surface area contributed by atoms with Gasteiger partial charge >= 0.3 is 10.2 Å². The van der Waals surface area contributed by atoms with Crippen LogP contribution in [0.1, 0.15) is 44.6 Å². The van der Waals surface area contributed by atoms with Crippen LogP contribution in [0, 0.1) is 0 Å². The van der Waals surface area contributed by atoms with Crippen LogP contribution >= 0.6 is 10.2 Å². The summed E-state index contributed by atoms with van der Waals surface area (Å²) in [4.78, 5) is 30.9. The minimum absolute atomic E-state index is 0.0336. The molecule has 2 fully saturated rings. The average Bonchev–Trinajstić information content (AvgIpc) is 3.39. The van der Waals surface area contributed by atoms with Gasteiger partial charge in [-0.2, -0.15) is 0 Å². The number of nitrogens with one attached hydrogen (secondary N) is 2. The Kier molecular flexibility index (Phi) is 7.66. The van der Waals surface area contributed by atoms with E-state index in [0.717, 1.165) is 4.90 Å². The topological polar surface area (TPSA) is 83.6 Å². The molecule has 41 heavy (non-hydrogen) atoms. The molecule has 2 amide bonds. The van der Waals surface area contributed by atoms with Crippen molar-refractivity contribution < 1.29 is 42.5 Å².